The number of aryl methyl sites for hydroxylation is 1. The highest BCUT2D eigenvalue weighted by molar-refractivity contribution is 7.15. The fraction of sp³-hybridized carbons (Fsp3) is 0.480. The van der Waals surface area contributed by atoms with Crippen LogP contribution in [0.15, 0.2) is 42.5 Å². The molecule has 38 heavy (non-hydrogen) atoms. The van der Waals surface area contributed by atoms with Crippen molar-refractivity contribution >= 4 is 34.3 Å². The average Bonchev–Trinajstić information content (AvgIpc) is 3.35. The molecule has 2 atom stereocenters. The van der Waals surface area contributed by atoms with E-state index in [1.54, 1.807) is 6.08 Å². The molecule has 1 aromatic carbocycles. The number of carbonyl (C=O) groups excluding carboxylic acids is 2. The maximum atomic E-state index is 12.7. The molecule has 2 aromatic rings. The number of benzene rings is 1. The second-order valence-corrected chi connectivity index (χ2v) is 9.90. The third-order valence-corrected chi connectivity index (χ3v) is 6.57. The highest BCUT2D eigenvalue weighted by atomic mass is 32.1. The van der Waals surface area contributed by atoms with E-state index in [1.807, 2.05) is 32.0 Å². The Labute approximate surface area is 222 Å². The summed E-state index contributed by atoms with van der Waals surface area (Å²) in [5.74, 6) is -2.77. The summed E-state index contributed by atoms with van der Waals surface area (Å²) in [5.41, 5.74) is 1.20. The number of rotatable bonds is 9. The van der Waals surface area contributed by atoms with Crippen LogP contribution < -0.4 is 16.0 Å². The van der Waals surface area contributed by atoms with E-state index in [0.29, 0.717) is 11.6 Å². The zero-order valence-corrected chi connectivity index (χ0v) is 21.9. The molecule has 208 valence electrons. The number of alkyl halides is 3. The maximum absolute atomic E-state index is 12.7. The zero-order chi connectivity index (χ0) is 28.1. The standard InChI is InChI=1S/C23H31N5O2S.C2HF3O2/c1-16(2)22-27-28-23(31-22)26-20(29)14-13-18(12-11-17-8-4-3-5-9-17)25-21(30)19-10-6-7-15-24-19;3-2(4,5)1(6)7/h3-5,8-9,13-14,16,18-19,24H,6-7,10-12,15H2,1-2H3,(H,25,30)(H,26,28,29);(H,6,7)/b14-13+;/t18-,19-;/m0./s1. The van der Waals surface area contributed by atoms with Crippen molar-refractivity contribution in [3.63, 3.8) is 0 Å². The normalized spacial score (nSPS) is 16.4. The smallest absolute Gasteiger partial charge is 0.475 e. The predicted octanol–water partition coefficient (Wildman–Crippen LogP) is 4.05. The molecule has 1 aliphatic heterocycles. The zero-order valence-electron chi connectivity index (χ0n) is 21.1. The molecule has 9 nitrogen and oxygen atoms in total. The molecular weight excluding hydrogens is 523 g/mol. The van der Waals surface area contributed by atoms with Gasteiger partial charge in [0.2, 0.25) is 16.9 Å². The van der Waals surface area contributed by atoms with Gasteiger partial charge >= 0.3 is 12.1 Å². The van der Waals surface area contributed by atoms with E-state index in [4.69, 9.17) is 9.90 Å². The van der Waals surface area contributed by atoms with Gasteiger partial charge in [0.25, 0.3) is 0 Å². The van der Waals surface area contributed by atoms with Gasteiger partial charge in [-0.1, -0.05) is 68.0 Å². The van der Waals surface area contributed by atoms with Crippen molar-refractivity contribution in [2.75, 3.05) is 11.9 Å². The summed E-state index contributed by atoms with van der Waals surface area (Å²) in [5, 5.41) is 25.7. The number of hydrogen-bond donors (Lipinski definition) is 4. The summed E-state index contributed by atoms with van der Waals surface area (Å²) in [4.78, 5) is 34.0. The molecule has 0 unspecified atom stereocenters. The van der Waals surface area contributed by atoms with Gasteiger partial charge in [0.15, 0.2) is 0 Å². The molecule has 13 heteroatoms. The van der Waals surface area contributed by atoms with Gasteiger partial charge in [-0.05, 0) is 37.8 Å². The number of aromatic nitrogens is 2. The van der Waals surface area contributed by atoms with Gasteiger partial charge in [0, 0.05) is 18.0 Å². The Morgan fingerprint density at radius 1 is 1.18 bits per heavy atom. The van der Waals surface area contributed by atoms with Crippen molar-refractivity contribution in [3.05, 3.63) is 53.1 Å². The first-order valence-electron chi connectivity index (χ1n) is 12.2. The van der Waals surface area contributed by atoms with Crippen molar-refractivity contribution in [2.24, 2.45) is 0 Å². The van der Waals surface area contributed by atoms with Gasteiger partial charge in [-0.2, -0.15) is 13.2 Å². The Bertz CT molecular complexity index is 1070. The monoisotopic (exact) mass is 555 g/mol. The topological polar surface area (TPSA) is 133 Å². The van der Waals surface area contributed by atoms with Crippen LogP contribution in [0.3, 0.4) is 0 Å². The second kappa shape index (κ2) is 15.2. The minimum absolute atomic E-state index is 0.00600. The first kappa shape index (κ1) is 30.9. The second-order valence-electron chi connectivity index (χ2n) is 8.89. The lowest BCUT2D eigenvalue weighted by molar-refractivity contribution is -0.192. The van der Waals surface area contributed by atoms with Crippen molar-refractivity contribution in [2.45, 2.75) is 70.1 Å². The Kier molecular flexibility index (Phi) is 12.3. The molecule has 4 N–H and O–H groups in total. The number of halogens is 3. The first-order valence-corrected chi connectivity index (χ1v) is 13.0. The quantitative estimate of drug-likeness (QED) is 0.343. The van der Waals surface area contributed by atoms with Crippen LogP contribution in [-0.2, 0) is 20.8 Å². The molecule has 1 aliphatic rings. The SMILES string of the molecule is CC(C)c1nnc(NC(=O)/C=C/[C@H](CCc2ccccc2)NC(=O)[C@@H]2CCCCN2)s1.O=C(O)C(F)(F)F. The molecule has 2 heterocycles. The molecule has 1 aromatic heterocycles. The number of nitrogens with zero attached hydrogens (tertiary/aromatic N) is 2. The van der Waals surface area contributed by atoms with Crippen LogP contribution in [0.5, 0.6) is 0 Å². The van der Waals surface area contributed by atoms with Crippen molar-refractivity contribution in [3.8, 4) is 0 Å². The number of nitrogens with one attached hydrogen (secondary N) is 3. The summed E-state index contributed by atoms with van der Waals surface area (Å²) in [6.07, 6.45) is 2.68. The molecule has 0 saturated carbocycles. The van der Waals surface area contributed by atoms with Crippen LogP contribution >= 0.6 is 11.3 Å². The van der Waals surface area contributed by atoms with Crippen LogP contribution in [0.2, 0.25) is 0 Å². The third kappa shape index (κ3) is 11.4. The summed E-state index contributed by atoms with van der Waals surface area (Å²) in [7, 11) is 0. The van der Waals surface area contributed by atoms with Crippen LogP contribution in [0.1, 0.15) is 56.0 Å². The maximum Gasteiger partial charge on any atom is 0.490 e. The van der Waals surface area contributed by atoms with Crippen LogP contribution in [0.25, 0.3) is 0 Å². The molecule has 3 rings (SSSR count). The molecule has 0 bridgehead atoms. The van der Waals surface area contributed by atoms with E-state index in [9.17, 15) is 22.8 Å². The van der Waals surface area contributed by atoms with Gasteiger partial charge in [-0.3, -0.25) is 14.9 Å². The molecule has 0 aliphatic carbocycles. The van der Waals surface area contributed by atoms with E-state index in [2.05, 4.69) is 38.3 Å². The van der Waals surface area contributed by atoms with E-state index in [1.165, 1.54) is 23.0 Å². The predicted molar refractivity (Wildman–Crippen MR) is 138 cm³/mol. The molecular formula is C25H32F3N5O4S. The number of anilines is 1. The van der Waals surface area contributed by atoms with Crippen LogP contribution in [0, 0.1) is 0 Å². The van der Waals surface area contributed by atoms with Crippen molar-refractivity contribution in [1.82, 2.24) is 20.8 Å². The van der Waals surface area contributed by atoms with E-state index in [-0.39, 0.29) is 29.8 Å². The summed E-state index contributed by atoms with van der Waals surface area (Å²) in [6, 6.07) is 9.74. The Hall–Kier alpha value is -3.32. The number of carbonyl (C=O) groups is 3. The molecule has 0 radical (unpaired) electrons. The molecule has 2 amide bonds. The minimum Gasteiger partial charge on any atom is -0.475 e. The van der Waals surface area contributed by atoms with Crippen LogP contribution in [-0.4, -0.2) is 57.9 Å². The minimum atomic E-state index is -5.08. The number of aliphatic carboxylic acids is 1. The number of piperidine rings is 1. The fourth-order valence-electron chi connectivity index (χ4n) is 3.41. The number of carboxylic acid groups (broad SMARTS) is 1. The largest absolute Gasteiger partial charge is 0.490 e. The van der Waals surface area contributed by atoms with Gasteiger partial charge in [-0.15, -0.1) is 10.2 Å². The lowest BCUT2D eigenvalue weighted by Gasteiger charge is -2.25. The van der Waals surface area contributed by atoms with Gasteiger partial charge in [-0.25, -0.2) is 4.79 Å². The Morgan fingerprint density at radius 3 is 2.42 bits per heavy atom. The average molecular weight is 556 g/mol. The fourth-order valence-corrected chi connectivity index (χ4v) is 4.16. The van der Waals surface area contributed by atoms with E-state index in [0.717, 1.165) is 37.2 Å². The molecule has 0 spiro atoms. The van der Waals surface area contributed by atoms with Gasteiger partial charge < -0.3 is 15.7 Å². The van der Waals surface area contributed by atoms with Crippen molar-refractivity contribution < 1.29 is 32.7 Å². The number of carboxylic acids is 1. The Balaban J connectivity index is 0.000000638. The highest BCUT2D eigenvalue weighted by Crippen LogP contribution is 2.22. The lowest BCUT2D eigenvalue weighted by Crippen LogP contribution is -2.49. The number of amides is 2. The van der Waals surface area contributed by atoms with Gasteiger partial charge in [0.1, 0.15) is 5.01 Å². The molecule has 1 fully saturated rings. The summed E-state index contributed by atoms with van der Waals surface area (Å²) in [6.45, 7) is 4.94. The lowest BCUT2D eigenvalue weighted by atomic mass is 10.0. The van der Waals surface area contributed by atoms with Crippen molar-refractivity contribution in [1.29, 1.82) is 0 Å². The first-order chi connectivity index (χ1) is 18.0. The van der Waals surface area contributed by atoms with E-state index >= 15 is 0 Å². The summed E-state index contributed by atoms with van der Waals surface area (Å²) >= 11 is 1.37. The summed E-state index contributed by atoms with van der Waals surface area (Å²) < 4.78 is 31.7. The highest BCUT2D eigenvalue weighted by Gasteiger charge is 2.38. The Morgan fingerprint density at radius 2 is 1.87 bits per heavy atom. The molecule has 1 saturated heterocycles. The van der Waals surface area contributed by atoms with Gasteiger partial charge in [0.05, 0.1) is 6.04 Å². The van der Waals surface area contributed by atoms with E-state index < -0.39 is 12.1 Å². The number of hydrogen-bond acceptors (Lipinski definition) is 7. The van der Waals surface area contributed by atoms with Crippen LogP contribution in [0.4, 0.5) is 18.3 Å². The third-order valence-electron chi connectivity index (χ3n) is 5.43.